The highest BCUT2D eigenvalue weighted by Crippen LogP contribution is 2.58. The molecule has 3 aliphatic rings. The van der Waals surface area contributed by atoms with E-state index in [2.05, 4.69) is 104 Å². The monoisotopic (exact) mass is 767 g/mol. The molecule has 1 aliphatic heterocycles. The number of morpholine rings is 1. The quantitative estimate of drug-likeness (QED) is 0.132. The Balaban J connectivity index is 1.16. The molecule has 2 heterocycles. The fourth-order valence-corrected chi connectivity index (χ4v) is 10.3. The van der Waals surface area contributed by atoms with Gasteiger partial charge in [-0.15, -0.1) is 0 Å². The molecule has 57 heavy (non-hydrogen) atoms. The topological polar surface area (TPSA) is 65.8 Å². The molecular formula is C50H61N3O4. The molecule has 0 spiro atoms. The summed E-state index contributed by atoms with van der Waals surface area (Å²) in [5.41, 5.74) is 11.0. The Hall–Kier alpha value is -4.46. The lowest BCUT2D eigenvalue weighted by Crippen LogP contribution is -2.50. The summed E-state index contributed by atoms with van der Waals surface area (Å²) in [6.07, 6.45) is 5.94. The van der Waals surface area contributed by atoms with Gasteiger partial charge in [0, 0.05) is 31.7 Å². The molecular weight excluding hydrogens is 707 g/mol. The Labute approximate surface area is 339 Å². The number of rotatable bonds is 10. The predicted octanol–water partition coefficient (Wildman–Crippen LogP) is 10.8. The zero-order valence-electron chi connectivity index (χ0n) is 35.2. The second-order valence-electron chi connectivity index (χ2n) is 18.8. The fourth-order valence-electron chi connectivity index (χ4n) is 10.3. The Kier molecular flexibility index (Phi) is 10.9. The first-order chi connectivity index (χ1) is 27.3. The van der Waals surface area contributed by atoms with Crippen molar-refractivity contribution >= 4 is 17.0 Å². The summed E-state index contributed by atoms with van der Waals surface area (Å²) in [5.74, 6) is 2.24. The van der Waals surface area contributed by atoms with Gasteiger partial charge in [-0.1, -0.05) is 88.7 Å². The van der Waals surface area contributed by atoms with Crippen LogP contribution in [-0.2, 0) is 39.2 Å². The van der Waals surface area contributed by atoms with Gasteiger partial charge in [0.15, 0.2) is 6.61 Å². The normalized spacial score (nSPS) is 22.6. The highest BCUT2D eigenvalue weighted by atomic mass is 16.6. The van der Waals surface area contributed by atoms with Crippen LogP contribution in [0.3, 0.4) is 0 Å². The SMILES string of the molecule is CC(C)c1ccc2c(c1)CC[C@H]1[C@@](C)(Cn3c(-c4cccc(OCC(=O)OC(C)(C)C)c4)nc4cc(-c5cccc(CN6CCOCC6)c5)ccc43)CCC[C@]21C. The number of carbonyl (C=O) groups is 1. The third-order valence-electron chi connectivity index (χ3n) is 13.1. The maximum atomic E-state index is 12.6. The summed E-state index contributed by atoms with van der Waals surface area (Å²) in [6.45, 7) is 20.5. The summed E-state index contributed by atoms with van der Waals surface area (Å²) in [6, 6.07) is 31.2. The average Bonchev–Trinajstić information content (AvgIpc) is 3.53. The minimum Gasteiger partial charge on any atom is -0.482 e. The van der Waals surface area contributed by atoms with Crippen LogP contribution in [0.15, 0.2) is 84.9 Å². The highest BCUT2D eigenvalue weighted by molar-refractivity contribution is 5.86. The number of imidazole rings is 1. The number of benzene rings is 4. The molecule has 1 saturated carbocycles. The van der Waals surface area contributed by atoms with Crippen molar-refractivity contribution in [2.45, 2.75) is 111 Å². The molecule has 2 aliphatic carbocycles. The van der Waals surface area contributed by atoms with Gasteiger partial charge >= 0.3 is 5.97 Å². The van der Waals surface area contributed by atoms with E-state index < -0.39 is 5.60 Å². The average molecular weight is 768 g/mol. The largest absolute Gasteiger partial charge is 0.482 e. The minimum absolute atomic E-state index is 0.0567. The van der Waals surface area contributed by atoms with E-state index in [9.17, 15) is 4.79 Å². The number of esters is 1. The summed E-state index contributed by atoms with van der Waals surface area (Å²) >= 11 is 0. The molecule has 7 heteroatoms. The lowest BCUT2D eigenvalue weighted by atomic mass is 9.49. The smallest absolute Gasteiger partial charge is 0.344 e. The molecule has 5 aromatic rings. The first-order valence-electron chi connectivity index (χ1n) is 21.3. The van der Waals surface area contributed by atoms with Crippen molar-refractivity contribution in [3.05, 3.63) is 107 Å². The number of aryl methyl sites for hydroxylation is 1. The number of nitrogens with zero attached hydrogens (tertiary/aromatic N) is 3. The molecule has 8 rings (SSSR count). The van der Waals surface area contributed by atoms with Crippen LogP contribution < -0.4 is 4.74 Å². The molecule has 0 bridgehead atoms. The zero-order chi connectivity index (χ0) is 40.0. The number of hydrogen-bond donors (Lipinski definition) is 0. The van der Waals surface area contributed by atoms with Crippen LogP contribution in [0.2, 0.25) is 0 Å². The Morgan fingerprint density at radius 2 is 1.68 bits per heavy atom. The number of aromatic nitrogens is 2. The summed E-state index contributed by atoms with van der Waals surface area (Å²) in [4.78, 5) is 20.5. The third-order valence-corrected chi connectivity index (χ3v) is 13.1. The van der Waals surface area contributed by atoms with E-state index in [4.69, 9.17) is 19.2 Å². The Morgan fingerprint density at radius 1 is 0.912 bits per heavy atom. The van der Waals surface area contributed by atoms with E-state index >= 15 is 0 Å². The first-order valence-corrected chi connectivity index (χ1v) is 21.3. The van der Waals surface area contributed by atoms with E-state index in [1.54, 1.807) is 11.1 Å². The lowest BCUT2D eigenvalue weighted by molar-refractivity contribution is -0.157. The van der Waals surface area contributed by atoms with Gasteiger partial charge in [-0.05, 0) is 133 Å². The van der Waals surface area contributed by atoms with Crippen LogP contribution >= 0.6 is 0 Å². The standard InChI is InChI=1S/C50H61N3O4/c1-34(2)36-15-18-42-39(28-36)17-20-45-49(6,21-10-22-50(42,45)7)33-53-44-19-16-38(37-12-8-11-35(27-37)31-52-23-25-55-26-24-52)30-43(44)51-47(53)40-13-9-14-41(29-40)56-32-46(54)57-48(3,4)5/h8-9,11-16,18-19,27-30,34,45H,10,17,20-26,31-33H2,1-7H3/t45-,49+,50+/m0/s1. The van der Waals surface area contributed by atoms with Gasteiger partial charge in [0.1, 0.15) is 17.2 Å². The van der Waals surface area contributed by atoms with E-state index in [1.807, 2.05) is 39.0 Å². The molecule has 300 valence electrons. The van der Waals surface area contributed by atoms with Gasteiger partial charge in [0.25, 0.3) is 0 Å². The van der Waals surface area contributed by atoms with Crippen molar-refractivity contribution in [1.29, 1.82) is 0 Å². The molecule has 0 amide bonds. The van der Waals surface area contributed by atoms with Crippen molar-refractivity contribution in [2.24, 2.45) is 11.3 Å². The van der Waals surface area contributed by atoms with Gasteiger partial charge in [-0.25, -0.2) is 9.78 Å². The molecule has 0 N–H and O–H groups in total. The predicted molar refractivity (Wildman–Crippen MR) is 230 cm³/mol. The highest BCUT2D eigenvalue weighted by Gasteiger charge is 2.52. The molecule has 3 atom stereocenters. The second-order valence-corrected chi connectivity index (χ2v) is 18.8. The van der Waals surface area contributed by atoms with Crippen LogP contribution in [-0.4, -0.2) is 58.9 Å². The first kappa shape index (κ1) is 39.4. The third kappa shape index (κ3) is 8.29. The minimum atomic E-state index is -0.571. The molecule has 0 radical (unpaired) electrons. The van der Waals surface area contributed by atoms with Crippen LogP contribution in [0.4, 0.5) is 0 Å². The lowest BCUT2D eigenvalue weighted by Gasteiger charge is -2.56. The molecule has 7 nitrogen and oxygen atoms in total. The fraction of sp³-hybridized carbons (Fsp3) is 0.480. The van der Waals surface area contributed by atoms with E-state index in [0.29, 0.717) is 17.6 Å². The van der Waals surface area contributed by atoms with Crippen LogP contribution in [0.25, 0.3) is 33.5 Å². The van der Waals surface area contributed by atoms with E-state index in [0.717, 1.165) is 73.8 Å². The van der Waals surface area contributed by atoms with Gasteiger partial charge in [0.2, 0.25) is 0 Å². The van der Waals surface area contributed by atoms with Crippen LogP contribution in [0, 0.1) is 11.3 Å². The second kappa shape index (κ2) is 15.7. The van der Waals surface area contributed by atoms with Gasteiger partial charge in [-0.3, -0.25) is 4.90 Å². The summed E-state index contributed by atoms with van der Waals surface area (Å²) < 4.78 is 19.6. The van der Waals surface area contributed by atoms with Crippen molar-refractivity contribution in [1.82, 2.24) is 14.5 Å². The Bertz CT molecular complexity index is 2240. The van der Waals surface area contributed by atoms with Gasteiger partial charge in [0.05, 0.1) is 24.2 Å². The number of ether oxygens (including phenoxy) is 3. The van der Waals surface area contributed by atoms with Gasteiger partial charge in [-0.2, -0.15) is 0 Å². The van der Waals surface area contributed by atoms with Crippen LogP contribution in [0.1, 0.15) is 102 Å². The van der Waals surface area contributed by atoms with Crippen LogP contribution in [0.5, 0.6) is 5.75 Å². The maximum absolute atomic E-state index is 12.6. The van der Waals surface area contributed by atoms with Gasteiger partial charge < -0.3 is 18.8 Å². The number of carbonyl (C=O) groups excluding carboxylic acids is 1. The number of fused-ring (bicyclic) bond motifs is 4. The van der Waals surface area contributed by atoms with Crippen molar-refractivity contribution in [2.75, 3.05) is 32.9 Å². The van der Waals surface area contributed by atoms with E-state index in [-0.39, 0.29) is 23.4 Å². The molecule has 1 aromatic heterocycles. The zero-order valence-corrected chi connectivity index (χ0v) is 35.2. The summed E-state index contributed by atoms with van der Waals surface area (Å²) in [5, 5.41) is 0. The molecule has 1 saturated heterocycles. The molecule has 0 unspecified atom stereocenters. The van der Waals surface area contributed by atoms with Crippen molar-refractivity contribution < 1.29 is 19.0 Å². The number of hydrogen-bond acceptors (Lipinski definition) is 6. The van der Waals surface area contributed by atoms with Crippen molar-refractivity contribution in [3.63, 3.8) is 0 Å². The van der Waals surface area contributed by atoms with Crippen molar-refractivity contribution in [3.8, 4) is 28.3 Å². The maximum Gasteiger partial charge on any atom is 0.344 e. The van der Waals surface area contributed by atoms with E-state index in [1.165, 1.54) is 42.4 Å². The molecule has 2 fully saturated rings. The Morgan fingerprint density at radius 3 is 2.47 bits per heavy atom. The summed E-state index contributed by atoms with van der Waals surface area (Å²) in [7, 11) is 0. The molecule has 4 aromatic carbocycles.